The molecule has 1 amide bonds. The molecule has 37 heavy (non-hydrogen) atoms. The number of rotatable bonds is 9. The number of aromatic nitrogens is 3. The van der Waals surface area contributed by atoms with Gasteiger partial charge in [0.1, 0.15) is 23.7 Å². The Morgan fingerprint density at radius 2 is 1.65 bits per heavy atom. The molecule has 0 unspecified atom stereocenters. The van der Waals surface area contributed by atoms with E-state index in [1.54, 1.807) is 19.5 Å². The zero-order chi connectivity index (χ0) is 25.8. The number of hydrogen-bond donors (Lipinski definition) is 0. The molecular formula is C30H32N4O3. The highest BCUT2D eigenvalue weighted by Gasteiger charge is 2.32. The van der Waals surface area contributed by atoms with E-state index in [0.717, 1.165) is 33.7 Å². The summed E-state index contributed by atoms with van der Waals surface area (Å²) in [5.74, 6) is 1.25. The predicted molar refractivity (Wildman–Crippen MR) is 144 cm³/mol. The molecular weight excluding hydrogens is 464 g/mol. The average molecular weight is 497 g/mol. The fraction of sp³-hybridized carbons (Fsp3) is 0.300. The van der Waals surface area contributed by atoms with Crippen LogP contribution < -0.4 is 4.74 Å². The van der Waals surface area contributed by atoms with Crippen LogP contribution in [0.3, 0.4) is 0 Å². The third-order valence-electron chi connectivity index (χ3n) is 6.74. The maximum Gasteiger partial charge on any atom is 0.272 e. The van der Waals surface area contributed by atoms with Crippen LogP contribution in [-0.2, 0) is 17.9 Å². The number of carbonyl (C=O) groups excluding carboxylic acids is 1. The van der Waals surface area contributed by atoms with E-state index < -0.39 is 0 Å². The molecule has 1 aliphatic heterocycles. The molecule has 0 aliphatic carbocycles. The number of pyridine rings is 1. The van der Waals surface area contributed by atoms with Gasteiger partial charge in [0.25, 0.3) is 5.91 Å². The summed E-state index contributed by atoms with van der Waals surface area (Å²) in [7, 11) is 1.65. The van der Waals surface area contributed by atoms with Crippen LogP contribution >= 0.6 is 0 Å². The number of amides is 1. The summed E-state index contributed by atoms with van der Waals surface area (Å²) >= 11 is 0. The summed E-state index contributed by atoms with van der Waals surface area (Å²) in [4.78, 5) is 19.5. The second kappa shape index (κ2) is 11.0. The van der Waals surface area contributed by atoms with Crippen LogP contribution in [0.2, 0.25) is 0 Å². The number of hydrogen-bond acceptors (Lipinski definition) is 5. The topological polar surface area (TPSA) is 69.5 Å². The van der Waals surface area contributed by atoms with E-state index in [2.05, 4.69) is 43.1 Å². The van der Waals surface area contributed by atoms with Crippen molar-refractivity contribution < 1.29 is 14.3 Å². The summed E-state index contributed by atoms with van der Waals surface area (Å²) in [5, 5.41) is 4.86. The molecule has 0 radical (unpaired) electrons. The van der Waals surface area contributed by atoms with E-state index in [-0.39, 0.29) is 5.91 Å². The first-order valence-electron chi connectivity index (χ1n) is 12.7. The second-order valence-corrected chi connectivity index (χ2v) is 9.53. The van der Waals surface area contributed by atoms with Crippen molar-refractivity contribution in [2.45, 2.75) is 32.9 Å². The Balaban J connectivity index is 1.43. The number of nitrogens with zero attached hydrogens (tertiary/aromatic N) is 4. The van der Waals surface area contributed by atoms with Gasteiger partial charge in [0.05, 0.1) is 13.2 Å². The van der Waals surface area contributed by atoms with E-state index in [1.165, 1.54) is 5.56 Å². The molecule has 0 saturated carbocycles. The van der Waals surface area contributed by atoms with E-state index in [0.29, 0.717) is 44.5 Å². The Morgan fingerprint density at radius 3 is 2.32 bits per heavy atom. The van der Waals surface area contributed by atoms with Crippen molar-refractivity contribution in [3.63, 3.8) is 0 Å². The Hall–Kier alpha value is -3.97. The van der Waals surface area contributed by atoms with Crippen molar-refractivity contribution in [1.82, 2.24) is 19.7 Å². The lowest BCUT2D eigenvalue weighted by molar-refractivity contribution is 0.0635. The third kappa shape index (κ3) is 5.27. The molecule has 3 heterocycles. The standard InChI is InChI=1S/C30H32N4O3/c1-21(2)23-6-4-22(5-7-23)20-37-26-10-8-24(9-11-26)27-28(25-12-14-31-15-13-25)32-34-17-16-33(18-19-36-3)30(35)29(27)34/h4-15,21H,16-20H2,1-3H3. The Labute approximate surface area is 217 Å². The number of fused-ring (bicyclic) bond motifs is 1. The molecule has 1 aliphatic rings. The molecule has 0 spiro atoms. The lowest BCUT2D eigenvalue weighted by Crippen LogP contribution is -2.42. The van der Waals surface area contributed by atoms with Gasteiger partial charge in [-0.3, -0.25) is 14.5 Å². The van der Waals surface area contributed by atoms with Crippen LogP contribution in [0.1, 0.15) is 41.4 Å². The van der Waals surface area contributed by atoms with Gasteiger partial charge in [-0.2, -0.15) is 5.10 Å². The molecule has 2 aromatic carbocycles. The van der Waals surface area contributed by atoms with Gasteiger partial charge in [0.2, 0.25) is 0 Å². The quantitative estimate of drug-likeness (QED) is 0.310. The van der Waals surface area contributed by atoms with Gasteiger partial charge in [0.15, 0.2) is 0 Å². The van der Waals surface area contributed by atoms with Crippen molar-refractivity contribution in [3.05, 3.63) is 89.9 Å². The van der Waals surface area contributed by atoms with Gasteiger partial charge < -0.3 is 14.4 Å². The first-order valence-corrected chi connectivity index (χ1v) is 12.7. The summed E-state index contributed by atoms with van der Waals surface area (Å²) < 4.78 is 13.1. The molecule has 0 saturated heterocycles. The molecule has 7 heteroatoms. The second-order valence-electron chi connectivity index (χ2n) is 9.53. The molecule has 0 atom stereocenters. The van der Waals surface area contributed by atoms with Crippen molar-refractivity contribution in [2.75, 3.05) is 26.8 Å². The van der Waals surface area contributed by atoms with Crippen molar-refractivity contribution in [2.24, 2.45) is 0 Å². The summed E-state index contributed by atoms with van der Waals surface area (Å²) in [5.41, 5.74) is 6.50. The molecule has 5 rings (SSSR count). The normalized spacial score (nSPS) is 13.2. The Morgan fingerprint density at radius 1 is 0.919 bits per heavy atom. The van der Waals surface area contributed by atoms with Gasteiger partial charge in [-0.05, 0) is 46.9 Å². The van der Waals surface area contributed by atoms with Crippen molar-refractivity contribution in [3.8, 4) is 28.1 Å². The minimum atomic E-state index is -0.0312. The first kappa shape index (κ1) is 24.7. The maximum atomic E-state index is 13.5. The maximum absolute atomic E-state index is 13.5. The zero-order valence-electron chi connectivity index (χ0n) is 21.6. The number of ether oxygens (including phenoxy) is 2. The van der Waals surface area contributed by atoms with E-state index >= 15 is 0 Å². The van der Waals surface area contributed by atoms with Gasteiger partial charge in [-0.15, -0.1) is 0 Å². The van der Waals surface area contributed by atoms with Gasteiger partial charge in [-0.25, -0.2) is 0 Å². The van der Waals surface area contributed by atoms with E-state index in [4.69, 9.17) is 14.6 Å². The van der Waals surface area contributed by atoms with E-state index in [1.807, 2.05) is 46.0 Å². The number of carbonyl (C=O) groups is 1. The SMILES string of the molecule is COCCN1CCn2nc(-c3ccncc3)c(-c3ccc(OCc4ccc(C(C)C)cc4)cc3)c2C1=O. The molecule has 0 bridgehead atoms. The minimum absolute atomic E-state index is 0.0312. The largest absolute Gasteiger partial charge is 0.489 e. The van der Waals surface area contributed by atoms with Crippen LogP contribution in [0.4, 0.5) is 0 Å². The Bertz CT molecular complexity index is 1350. The average Bonchev–Trinajstić information content (AvgIpc) is 3.33. The van der Waals surface area contributed by atoms with Gasteiger partial charge in [0, 0.05) is 43.7 Å². The fourth-order valence-corrected chi connectivity index (χ4v) is 4.59. The molecule has 2 aromatic heterocycles. The first-order chi connectivity index (χ1) is 18.0. The monoisotopic (exact) mass is 496 g/mol. The van der Waals surface area contributed by atoms with Crippen LogP contribution in [0.5, 0.6) is 5.75 Å². The fourth-order valence-electron chi connectivity index (χ4n) is 4.59. The van der Waals surface area contributed by atoms with Crippen molar-refractivity contribution in [1.29, 1.82) is 0 Å². The summed E-state index contributed by atoms with van der Waals surface area (Å²) in [6.45, 7) is 7.17. The summed E-state index contributed by atoms with van der Waals surface area (Å²) in [6, 6.07) is 20.3. The number of methoxy groups -OCH3 is 1. The van der Waals surface area contributed by atoms with Crippen LogP contribution in [-0.4, -0.2) is 52.4 Å². The predicted octanol–water partition coefficient (Wildman–Crippen LogP) is 5.42. The minimum Gasteiger partial charge on any atom is -0.489 e. The van der Waals surface area contributed by atoms with Gasteiger partial charge >= 0.3 is 0 Å². The summed E-state index contributed by atoms with van der Waals surface area (Å²) in [6.07, 6.45) is 3.49. The number of benzene rings is 2. The molecule has 0 fully saturated rings. The molecule has 0 N–H and O–H groups in total. The third-order valence-corrected chi connectivity index (χ3v) is 6.74. The lowest BCUT2D eigenvalue weighted by atomic mass is 9.98. The van der Waals surface area contributed by atoms with Crippen LogP contribution in [0.15, 0.2) is 73.1 Å². The lowest BCUT2D eigenvalue weighted by Gasteiger charge is -2.27. The molecule has 190 valence electrons. The Kier molecular flexibility index (Phi) is 7.32. The molecule has 4 aromatic rings. The van der Waals surface area contributed by atoms with Crippen molar-refractivity contribution >= 4 is 5.91 Å². The van der Waals surface area contributed by atoms with E-state index in [9.17, 15) is 4.79 Å². The smallest absolute Gasteiger partial charge is 0.272 e. The highest BCUT2D eigenvalue weighted by molar-refractivity contribution is 6.03. The molecule has 7 nitrogen and oxygen atoms in total. The highest BCUT2D eigenvalue weighted by atomic mass is 16.5. The highest BCUT2D eigenvalue weighted by Crippen LogP contribution is 2.37. The van der Waals surface area contributed by atoms with Gasteiger partial charge in [-0.1, -0.05) is 50.2 Å². The van der Waals surface area contributed by atoms with Crippen LogP contribution in [0.25, 0.3) is 22.4 Å². The zero-order valence-corrected chi connectivity index (χ0v) is 21.6. The van der Waals surface area contributed by atoms with Crippen LogP contribution in [0, 0.1) is 0 Å².